The quantitative estimate of drug-likeness (QED) is 0.799. The molecule has 0 atom stereocenters. The normalized spacial score (nSPS) is 11.7. The standard InChI is InChI=1S/C11H10BrClN2O2S2/c12-11-4-2-8(18-11)6-15-19(16,17)10-5-7(13)1-3-9(10)14/h1-5,15H,6,14H2. The summed E-state index contributed by atoms with van der Waals surface area (Å²) in [6.45, 7) is 0.213. The van der Waals surface area contributed by atoms with Crippen LogP contribution in [-0.4, -0.2) is 8.42 Å². The van der Waals surface area contributed by atoms with Gasteiger partial charge in [-0.2, -0.15) is 0 Å². The number of hydrogen-bond acceptors (Lipinski definition) is 4. The van der Waals surface area contributed by atoms with Crippen molar-refractivity contribution in [1.82, 2.24) is 4.72 Å². The Morgan fingerprint density at radius 3 is 2.68 bits per heavy atom. The number of nitrogens with one attached hydrogen (secondary N) is 1. The monoisotopic (exact) mass is 380 g/mol. The molecule has 0 aliphatic carbocycles. The van der Waals surface area contributed by atoms with Crippen LogP contribution in [0.1, 0.15) is 4.88 Å². The van der Waals surface area contributed by atoms with Gasteiger partial charge >= 0.3 is 0 Å². The lowest BCUT2D eigenvalue weighted by Gasteiger charge is -2.08. The molecule has 0 aliphatic rings. The summed E-state index contributed by atoms with van der Waals surface area (Å²) >= 11 is 10.6. The lowest BCUT2D eigenvalue weighted by atomic mass is 10.3. The zero-order valence-corrected chi connectivity index (χ0v) is 13.5. The number of rotatable bonds is 4. The molecule has 0 saturated heterocycles. The minimum atomic E-state index is -3.67. The van der Waals surface area contributed by atoms with Crippen molar-refractivity contribution in [1.29, 1.82) is 0 Å². The highest BCUT2D eigenvalue weighted by atomic mass is 79.9. The molecule has 0 amide bonds. The van der Waals surface area contributed by atoms with Crippen molar-refractivity contribution >= 4 is 54.6 Å². The molecule has 0 saturated carbocycles. The van der Waals surface area contributed by atoms with Gasteiger partial charge in [-0.05, 0) is 46.3 Å². The van der Waals surface area contributed by atoms with Crippen LogP contribution in [0.2, 0.25) is 5.02 Å². The molecule has 0 unspecified atom stereocenters. The molecule has 19 heavy (non-hydrogen) atoms. The molecule has 1 aromatic heterocycles. The van der Waals surface area contributed by atoms with E-state index in [4.69, 9.17) is 17.3 Å². The molecule has 2 rings (SSSR count). The number of halogens is 2. The molecule has 3 N–H and O–H groups in total. The van der Waals surface area contributed by atoms with Gasteiger partial charge in [-0.1, -0.05) is 11.6 Å². The van der Waals surface area contributed by atoms with Crippen LogP contribution in [0.5, 0.6) is 0 Å². The van der Waals surface area contributed by atoms with E-state index in [2.05, 4.69) is 20.7 Å². The van der Waals surface area contributed by atoms with Gasteiger partial charge in [0, 0.05) is 16.4 Å². The maximum absolute atomic E-state index is 12.1. The van der Waals surface area contributed by atoms with Gasteiger partial charge in [0.1, 0.15) is 4.90 Å². The summed E-state index contributed by atoms with van der Waals surface area (Å²) in [5.74, 6) is 0. The van der Waals surface area contributed by atoms with Crippen molar-refractivity contribution in [3.05, 3.63) is 44.0 Å². The summed E-state index contributed by atoms with van der Waals surface area (Å²) in [6.07, 6.45) is 0. The number of nitrogens with two attached hydrogens (primary N) is 1. The molecule has 0 fully saturated rings. The highest BCUT2D eigenvalue weighted by molar-refractivity contribution is 9.11. The van der Waals surface area contributed by atoms with Gasteiger partial charge in [0.15, 0.2) is 0 Å². The average Bonchev–Trinajstić information content (AvgIpc) is 2.76. The summed E-state index contributed by atoms with van der Waals surface area (Å²) in [4.78, 5) is 0.895. The fourth-order valence-electron chi connectivity index (χ4n) is 1.43. The van der Waals surface area contributed by atoms with Gasteiger partial charge in [-0.25, -0.2) is 13.1 Å². The highest BCUT2D eigenvalue weighted by Crippen LogP contribution is 2.24. The van der Waals surface area contributed by atoms with Crippen LogP contribution in [0.25, 0.3) is 0 Å². The van der Waals surface area contributed by atoms with Gasteiger partial charge in [0.2, 0.25) is 10.0 Å². The van der Waals surface area contributed by atoms with E-state index in [0.29, 0.717) is 5.02 Å². The lowest BCUT2D eigenvalue weighted by molar-refractivity contribution is 0.582. The zero-order chi connectivity index (χ0) is 14.0. The van der Waals surface area contributed by atoms with Crippen LogP contribution < -0.4 is 10.5 Å². The number of anilines is 1. The second-order valence-electron chi connectivity index (χ2n) is 3.71. The number of sulfonamides is 1. The van der Waals surface area contributed by atoms with E-state index in [1.165, 1.54) is 23.5 Å². The Bertz CT molecular complexity index is 700. The van der Waals surface area contributed by atoms with E-state index in [1.807, 2.05) is 12.1 Å². The molecule has 102 valence electrons. The molecule has 0 spiro atoms. The van der Waals surface area contributed by atoms with Crippen molar-refractivity contribution in [3.8, 4) is 0 Å². The summed E-state index contributed by atoms with van der Waals surface area (Å²) in [5.41, 5.74) is 5.84. The number of thiophene rings is 1. The van der Waals surface area contributed by atoms with Crippen molar-refractivity contribution in [2.45, 2.75) is 11.4 Å². The Kier molecular flexibility index (Phi) is 4.52. The second-order valence-corrected chi connectivity index (χ2v) is 8.43. The van der Waals surface area contributed by atoms with E-state index in [0.717, 1.165) is 8.66 Å². The first-order valence-corrected chi connectivity index (χ1v) is 8.64. The van der Waals surface area contributed by atoms with E-state index in [-0.39, 0.29) is 17.1 Å². The molecule has 0 bridgehead atoms. The largest absolute Gasteiger partial charge is 0.398 e. The number of benzene rings is 1. The maximum Gasteiger partial charge on any atom is 0.242 e. The smallest absolute Gasteiger partial charge is 0.242 e. The Morgan fingerprint density at radius 2 is 2.05 bits per heavy atom. The summed E-state index contributed by atoms with van der Waals surface area (Å²) < 4.78 is 27.7. The molecule has 1 heterocycles. The SMILES string of the molecule is Nc1ccc(Cl)cc1S(=O)(=O)NCc1ccc(Br)s1. The summed E-state index contributed by atoms with van der Waals surface area (Å²) in [5, 5.41) is 0.327. The molecule has 8 heteroatoms. The molecule has 4 nitrogen and oxygen atoms in total. The number of nitrogen functional groups attached to an aromatic ring is 1. The van der Waals surface area contributed by atoms with Gasteiger partial charge in [-0.15, -0.1) is 11.3 Å². The minimum absolute atomic E-state index is 0.00405. The van der Waals surface area contributed by atoms with E-state index in [9.17, 15) is 8.42 Å². The summed E-state index contributed by atoms with van der Waals surface area (Å²) in [7, 11) is -3.67. The fraction of sp³-hybridized carbons (Fsp3) is 0.0909. The fourth-order valence-corrected chi connectivity index (χ4v) is 4.34. The predicted molar refractivity (Wildman–Crippen MR) is 81.9 cm³/mol. The molecular formula is C11H10BrClN2O2S2. The predicted octanol–water partition coefficient (Wildman–Crippen LogP) is 3.22. The van der Waals surface area contributed by atoms with E-state index >= 15 is 0 Å². The Balaban J connectivity index is 2.20. The Labute approximate surface area is 128 Å². The third-order valence-electron chi connectivity index (χ3n) is 2.33. The van der Waals surface area contributed by atoms with Gasteiger partial charge < -0.3 is 5.73 Å². The highest BCUT2D eigenvalue weighted by Gasteiger charge is 2.17. The molecule has 0 radical (unpaired) electrons. The van der Waals surface area contributed by atoms with Crippen LogP contribution in [0.15, 0.2) is 39.0 Å². The average molecular weight is 382 g/mol. The van der Waals surface area contributed by atoms with Crippen LogP contribution in [-0.2, 0) is 16.6 Å². The summed E-state index contributed by atoms with van der Waals surface area (Å²) in [6, 6.07) is 8.06. The molecule has 0 aliphatic heterocycles. The first-order chi connectivity index (χ1) is 8.88. The Morgan fingerprint density at radius 1 is 1.32 bits per heavy atom. The van der Waals surface area contributed by atoms with Crippen molar-refractivity contribution in [2.75, 3.05) is 5.73 Å². The zero-order valence-electron chi connectivity index (χ0n) is 9.56. The second kappa shape index (κ2) is 5.80. The molecular weight excluding hydrogens is 372 g/mol. The van der Waals surface area contributed by atoms with E-state index < -0.39 is 10.0 Å². The van der Waals surface area contributed by atoms with Crippen molar-refractivity contribution in [3.63, 3.8) is 0 Å². The van der Waals surface area contributed by atoms with Crippen LogP contribution in [0.3, 0.4) is 0 Å². The van der Waals surface area contributed by atoms with E-state index in [1.54, 1.807) is 6.07 Å². The van der Waals surface area contributed by atoms with Gasteiger partial charge in [0.25, 0.3) is 0 Å². The minimum Gasteiger partial charge on any atom is -0.398 e. The third-order valence-corrected chi connectivity index (χ3v) is 5.65. The number of hydrogen-bond donors (Lipinski definition) is 2. The maximum atomic E-state index is 12.1. The first kappa shape index (κ1) is 14.8. The van der Waals surface area contributed by atoms with Crippen LogP contribution in [0, 0.1) is 0 Å². The molecule has 2 aromatic rings. The molecule has 1 aromatic carbocycles. The van der Waals surface area contributed by atoms with Gasteiger partial charge in [0.05, 0.1) is 9.47 Å². The third kappa shape index (κ3) is 3.70. The van der Waals surface area contributed by atoms with Crippen LogP contribution in [0.4, 0.5) is 5.69 Å². The van der Waals surface area contributed by atoms with Crippen molar-refractivity contribution < 1.29 is 8.42 Å². The lowest BCUT2D eigenvalue weighted by Crippen LogP contribution is -2.23. The van der Waals surface area contributed by atoms with Crippen molar-refractivity contribution in [2.24, 2.45) is 0 Å². The Hall–Kier alpha value is -0.600. The first-order valence-electron chi connectivity index (χ1n) is 5.17. The van der Waals surface area contributed by atoms with Gasteiger partial charge in [-0.3, -0.25) is 0 Å². The topological polar surface area (TPSA) is 72.2 Å². The van der Waals surface area contributed by atoms with Crippen LogP contribution >= 0.6 is 38.9 Å².